The van der Waals surface area contributed by atoms with Gasteiger partial charge in [0.05, 0.1) is 31.0 Å². The second-order valence-corrected chi connectivity index (χ2v) is 7.84. The lowest BCUT2D eigenvalue weighted by Gasteiger charge is -2.32. The Balaban J connectivity index is 1.76. The minimum absolute atomic E-state index is 0.653. The van der Waals surface area contributed by atoms with Crippen molar-refractivity contribution in [3.05, 3.63) is 58.6 Å². The second-order valence-electron chi connectivity index (χ2n) is 7.05. The Morgan fingerprint density at radius 1 is 1.21 bits per heavy atom. The molecule has 0 bridgehead atoms. The maximum atomic E-state index is 6.40. The molecule has 0 amide bonds. The molecule has 0 radical (unpaired) electrons. The van der Waals surface area contributed by atoms with Crippen LogP contribution in [0.5, 0.6) is 5.75 Å². The Morgan fingerprint density at radius 2 is 1.97 bits per heavy atom. The predicted octanol–water partition coefficient (Wildman–Crippen LogP) is 4.19. The number of ether oxygens (including phenoxy) is 2. The summed E-state index contributed by atoms with van der Waals surface area (Å²) in [4.78, 5) is 4.58. The van der Waals surface area contributed by atoms with Gasteiger partial charge in [-0.1, -0.05) is 41.9 Å². The van der Waals surface area contributed by atoms with Gasteiger partial charge in [-0.2, -0.15) is 0 Å². The molecule has 0 aliphatic carbocycles. The van der Waals surface area contributed by atoms with E-state index in [0.29, 0.717) is 16.7 Å². The van der Waals surface area contributed by atoms with Crippen LogP contribution < -0.4 is 10.1 Å². The molecule has 1 N–H and O–H groups in total. The van der Waals surface area contributed by atoms with Crippen molar-refractivity contribution in [2.75, 3.05) is 51.8 Å². The molecule has 7 heteroatoms. The quantitative estimate of drug-likeness (QED) is 0.660. The highest BCUT2D eigenvalue weighted by molar-refractivity contribution is 7.80. The molecular formula is C22H28ClN3O2S. The summed E-state index contributed by atoms with van der Waals surface area (Å²) >= 11 is 12.2. The van der Waals surface area contributed by atoms with Crippen LogP contribution in [0.15, 0.2) is 42.5 Å². The molecule has 29 heavy (non-hydrogen) atoms. The minimum atomic E-state index is 0.653. The molecule has 0 saturated carbocycles. The van der Waals surface area contributed by atoms with Crippen LogP contribution in [0.25, 0.3) is 0 Å². The smallest absolute Gasteiger partial charge is 0.173 e. The van der Waals surface area contributed by atoms with Crippen LogP contribution in [-0.4, -0.2) is 61.4 Å². The summed E-state index contributed by atoms with van der Waals surface area (Å²) < 4.78 is 11.0. The normalized spacial score (nSPS) is 14.4. The molecule has 1 aliphatic rings. The average molecular weight is 434 g/mol. The predicted molar refractivity (Wildman–Crippen MR) is 123 cm³/mol. The number of thiocarbonyl (C=S) groups is 1. The molecule has 0 aromatic heterocycles. The van der Waals surface area contributed by atoms with Gasteiger partial charge in [-0.3, -0.25) is 4.90 Å². The van der Waals surface area contributed by atoms with Crippen molar-refractivity contribution in [1.82, 2.24) is 9.80 Å². The standard InChI is InChI=1S/C22H28ClN3O2S/c1-17-6-5-8-19(23)21(17)24-22(29)26(11-10-25-12-14-28-15-13-25)16-18-7-3-4-9-20(18)27-2/h3-9H,10-16H2,1-2H3,(H,24,29). The van der Waals surface area contributed by atoms with Gasteiger partial charge in [0.25, 0.3) is 0 Å². The van der Waals surface area contributed by atoms with E-state index in [1.165, 1.54) is 0 Å². The van der Waals surface area contributed by atoms with E-state index in [4.69, 9.17) is 33.3 Å². The third kappa shape index (κ3) is 6.06. The fourth-order valence-electron chi connectivity index (χ4n) is 3.35. The molecule has 1 saturated heterocycles. The fraction of sp³-hybridized carbons (Fsp3) is 0.409. The van der Waals surface area contributed by atoms with Crippen molar-refractivity contribution >= 4 is 34.6 Å². The molecule has 2 aromatic carbocycles. The summed E-state index contributed by atoms with van der Waals surface area (Å²) in [7, 11) is 1.70. The van der Waals surface area contributed by atoms with Gasteiger partial charge in [0.15, 0.2) is 5.11 Å². The summed E-state index contributed by atoms with van der Waals surface area (Å²) in [6.45, 7) is 7.87. The number of benzene rings is 2. The number of para-hydroxylation sites is 2. The van der Waals surface area contributed by atoms with Crippen LogP contribution in [0, 0.1) is 6.92 Å². The highest BCUT2D eigenvalue weighted by atomic mass is 35.5. The first-order valence-electron chi connectivity index (χ1n) is 9.81. The Hall–Kier alpha value is -1.86. The molecular weight excluding hydrogens is 406 g/mol. The molecule has 1 fully saturated rings. The molecule has 1 heterocycles. The van der Waals surface area contributed by atoms with E-state index in [1.807, 2.05) is 43.3 Å². The number of nitrogens with one attached hydrogen (secondary N) is 1. The van der Waals surface area contributed by atoms with Crippen molar-refractivity contribution in [2.24, 2.45) is 0 Å². The number of nitrogens with zero attached hydrogens (tertiary/aromatic N) is 2. The third-order valence-corrected chi connectivity index (χ3v) is 5.76. The fourth-order valence-corrected chi connectivity index (χ4v) is 3.88. The van der Waals surface area contributed by atoms with Crippen LogP contribution >= 0.6 is 23.8 Å². The number of anilines is 1. The van der Waals surface area contributed by atoms with Crippen molar-refractivity contribution in [1.29, 1.82) is 0 Å². The van der Waals surface area contributed by atoms with E-state index in [0.717, 1.165) is 62.0 Å². The summed E-state index contributed by atoms with van der Waals surface area (Å²) in [5.74, 6) is 0.862. The SMILES string of the molecule is COc1ccccc1CN(CCN1CCOCC1)C(=S)Nc1c(C)cccc1Cl. The highest BCUT2D eigenvalue weighted by Gasteiger charge is 2.17. The minimum Gasteiger partial charge on any atom is -0.496 e. The van der Waals surface area contributed by atoms with Gasteiger partial charge in [-0.25, -0.2) is 0 Å². The zero-order chi connectivity index (χ0) is 20.6. The van der Waals surface area contributed by atoms with E-state index in [2.05, 4.69) is 21.2 Å². The van der Waals surface area contributed by atoms with Crippen LogP contribution in [-0.2, 0) is 11.3 Å². The average Bonchev–Trinajstić information content (AvgIpc) is 2.74. The van der Waals surface area contributed by atoms with E-state index in [-0.39, 0.29) is 0 Å². The van der Waals surface area contributed by atoms with E-state index >= 15 is 0 Å². The van der Waals surface area contributed by atoms with Crippen LogP contribution in [0.1, 0.15) is 11.1 Å². The van der Waals surface area contributed by atoms with Gasteiger partial charge in [-0.15, -0.1) is 0 Å². The van der Waals surface area contributed by atoms with E-state index < -0.39 is 0 Å². The number of halogens is 1. The monoisotopic (exact) mass is 433 g/mol. The van der Waals surface area contributed by atoms with Gasteiger partial charge in [-0.05, 0) is 36.8 Å². The second kappa shape index (κ2) is 10.8. The lowest BCUT2D eigenvalue weighted by atomic mass is 10.2. The summed E-state index contributed by atoms with van der Waals surface area (Å²) in [6, 6.07) is 13.9. The van der Waals surface area contributed by atoms with Crippen molar-refractivity contribution < 1.29 is 9.47 Å². The first-order chi connectivity index (χ1) is 14.1. The van der Waals surface area contributed by atoms with Crippen molar-refractivity contribution in [2.45, 2.75) is 13.5 Å². The molecule has 156 valence electrons. The first kappa shape index (κ1) is 21.8. The number of hydrogen-bond donors (Lipinski definition) is 1. The van der Waals surface area contributed by atoms with E-state index in [1.54, 1.807) is 7.11 Å². The Labute approximate surface area is 183 Å². The number of hydrogen-bond acceptors (Lipinski definition) is 4. The molecule has 1 aliphatic heterocycles. The Kier molecular flexibility index (Phi) is 8.12. The van der Waals surface area contributed by atoms with Crippen LogP contribution in [0.3, 0.4) is 0 Å². The first-order valence-corrected chi connectivity index (χ1v) is 10.6. The summed E-state index contributed by atoms with van der Waals surface area (Å²) in [5.41, 5.74) is 3.01. The van der Waals surface area contributed by atoms with Crippen molar-refractivity contribution in [3.63, 3.8) is 0 Å². The maximum absolute atomic E-state index is 6.40. The number of aryl methyl sites for hydroxylation is 1. The summed E-state index contributed by atoms with van der Waals surface area (Å²) in [6.07, 6.45) is 0. The van der Waals surface area contributed by atoms with Crippen molar-refractivity contribution in [3.8, 4) is 5.75 Å². The molecule has 0 atom stereocenters. The molecule has 2 aromatic rings. The zero-order valence-electron chi connectivity index (χ0n) is 17.0. The molecule has 0 unspecified atom stereocenters. The third-order valence-electron chi connectivity index (χ3n) is 5.08. The van der Waals surface area contributed by atoms with Gasteiger partial charge in [0.1, 0.15) is 5.75 Å². The molecule has 5 nitrogen and oxygen atoms in total. The van der Waals surface area contributed by atoms with Gasteiger partial charge < -0.3 is 19.7 Å². The molecule has 0 spiro atoms. The van der Waals surface area contributed by atoms with Crippen LogP contribution in [0.2, 0.25) is 5.02 Å². The highest BCUT2D eigenvalue weighted by Crippen LogP contribution is 2.26. The largest absolute Gasteiger partial charge is 0.496 e. The van der Waals surface area contributed by atoms with E-state index in [9.17, 15) is 0 Å². The summed E-state index contributed by atoms with van der Waals surface area (Å²) in [5, 5.41) is 4.68. The van der Waals surface area contributed by atoms with Crippen LogP contribution in [0.4, 0.5) is 5.69 Å². The Morgan fingerprint density at radius 3 is 2.69 bits per heavy atom. The van der Waals surface area contributed by atoms with Gasteiger partial charge in [0.2, 0.25) is 0 Å². The maximum Gasteiger partial charge on any atom is 0.173 e. The number of morpholine rings is 1. The zero-order valence-corrected chi connectivity index (χ0v) is 18.6. The number of methoxy groups -OCH3 is 1. The Bertz CT molecular complexity index is 807. The lowest BCUT2D eigenvalue weighted by Crippen LogP contribution is -2.44. The van der Waals surface area contributed by atoms with Gasteiger partial charge >= 0.3 is 0 Å². The molecule has 3 rings (SSSR count). The van der Waals surface area contributed by atoms with Gasteiger partial charge in [0, 0.05) is 38.3 Å². The topological polar surface area (TPSA) is 37.0 Å². The number of rotatable bonds is 7. The lowest BCUT2D eigenvalue weighted by molar-refractivity contribution is 0.0358.